The van der Waals surface area contributed by atoms with Gasteiger partial charge in [-0.3, -0.25) is 19.2 Å². The molecular weight excluding hydrogens is 512 g/mol. The molecule has 1 amide bonds. The van der Waals surface area contributed by atoms with Crippen LogP contribution in [0.25, 0.3) is 0 Å². The fourth-order valence-corrected chi connectivity index (χ4v) is 6.51. The summed E-state index contributed by atoms with van der Waals surface area (Å²) in [5.74, 6) is -0.213. The Morgan fingerprint density at radius 1 is 1.14 bits per heavy atom. The third kappa shape index (κ3) is 6.50. The van der Waals surface area contributed by atoms with Gasteiger partial charge >= 0.3 is 0 Å². The third-order valence-corrected chi connectivity index (χ3v) is 8.73. The van der Waals surface area contributed by atoms with E-state index in [9.17, 15) is 31.7 Å². The van der Waals surface area contributed by atoms with Crippen molar-refractivity contribution in [3.05, 3.63) is 58.6 Å². The van der Waals surface area contributed by atoms with E-state index in [0.29, 0.717) is 18.8 Å². The summed E-state index contributed by atoms with van der Waals surface area (Å²) in [7, 11) is -7.46. The third-order valence-electron chi connectivity index (χ3n) is 5.58. The standard InChI is InChI=1S/C22H28N4O8S2/c1-17(25(35(2,30)31)18-6-5-7-19(16-18)26(28)29)22(27)23-12-15-34-20-8-10-21(11-9-20)36(32,33)24-13-3-4-14-24/h5-11,16-17H,3-4,12-15H2,1-2H3,(H,23,27)/t17-/m0/s1. The van der Waals surface area contributed by atoms with Crippen molar-refractivity contribution in [1.82, 2.24) is 9.62 Å². The van der Waals surface area contributed by atoms with E-state index in [2.05, 4.69) is 5.32 Å². The number of carbonyl (C=O) groups is 1. The molecule has 2 aromatic carbocycles. The molecule has 14 heteroatoms. The van der Waals surface area contributed by atoms with Crippen LogP contribution < -0.4 is 14.4 Å². The van der Waals surface area contributed by atoms with E-state index in [1.54, 1.807) is 0 Å². The van der Waals surface area contributed by atoms with Crippen LogP contribution >= 0.6 is 0 Å². The van der Waals surface area contributed by atoms with E-state index < -0.39 is 36.9 Å². The Bertz CT molecular complexity index is 1310. The Labute approximate surface area is 210 Å². The summed E-state index contributed by atoms with van der Waals surface area (Å²) in [6.45, 7) is 2.48. The number of hydrogen-bond donors (Lipinski definition) is 1. The van der Waals surface area contributed by atoms with Crippen LogP contribution in [0.4, 0.5) is 11.4 Å². The second-order valence-corrected chi connectivity index (χ2v) is 12.0. The molecule has 0 bridgehead atoms. The lowest BCUT2D eigenvalue weighted by Crippen LogP contribution is -2.48. The number of non-ortho nitro benzene ring substituents is 1. The predicted octanol–water partition coefficient (Wildman–Crippen LogP) is 1.73. The predicted molar refractivity (Wildman–Crippen MR) is 133 cm³/mol. The zero-order valence-corrected chi connectivity index (χ0v) is 21.5. The van der Waals surface area contributed by atoms with Crippen molar-refractivity contribution in [3.8, 4) is 5.75 Å². The van der Waals surface area contributed by atoms with E-state index in [-0.39, 0.29) is 29.4 Å². The number of benzene rings is 2. The van der Waals surface area contributed by atoms with Crippen LogP contribution in [-0.2, 0) is 24.8 Å². The maximum Gasteiger partial charge on any atom is 0.271 e. The zero-order valence-electron chi connectivity index (χ0n) is 19.9. The molecule has 1 aliphatic heterocycles. The average molecular weight is 541 g/mol. The maximum atomic E-state index is 12.6. The van der Waals surface area contributed by atoms with Crippen molar-refractivity contribution < 1.29 is 31.3 Å². The molecule has 0 spiro atoms. The van der Waals surface area contributed by atoms with Gasteiger partial charge in [0.15, 0.2) is 0 Å². The van der Waals surface area contributed by atoms with E-state index in [4.69, 9.17) is 4.74 Å². The van der Waals surface area contributed by atoms with Crippen LogP contribution in [0, 0.1) is 10.1 Å². The lowest BCUT2D eigenvalue weighted by atomic mass is 10.2. The van der Waals surface area contributed by atoms with Crippen LogP contribution in [0.1, 0.15) is 19.8 Å². The molecule has 36 heavy (non-hydrogen) atoms. The summed E-state index contributed by atoms with van der Waals surface area (Å²) in [6, 6.07) is 9.82. The highest BCUT2D eigenvalue weighted by Crippen LogP contribution is 2.25. The minimum absolute atomic E-state index is 0.00503. The van der Waals surface area contributed by atoms with Gasteiger partial charge in [-0.25, -0.2) is 16.8 Å². The minimum atomic E-state index is -3.93. The molecule has 1 heterocycles. The molecule has 0 unspecified atom stereocenters. The van der Waals surface area contributed by atoms with E-state index in [1.165, 1.54) is 53.7 Å². The van der Waals surface area contributed by atoms with Gasteiger partial charge in [-0.2, -0.15) is 4.31 Å². The first kappa shape index (κ1) is 27.4. The first-order valence-electron chi connectivity index (χ1n) is 11.2. The molecule has 1 saturated heterocycles. The van der Waals surface area contributed by atoms with Gasteiger partial charge in [-0.05, 0) is 50.1 Å². The summed E-state index contributed by atoms with van der Waals surface area (Å²) in [5, 5.41) is 13.6. The van der Waals surface area contributed by atoms with Gasteiger partial charge in [0.25, 0.3) is 5.69 Å². The average Bonchev–Trinajstić information content (AvgIpc) is 3.37. The molecule has 0 aromatic heterocycles. The molecular formula is C22H28N4O8S2. The van der Waals surface area contributed by atoms with Gasteiger partial charge in [0, 0.05) is 25.2 Å². The van der Waals surface area contributed by atoms with Crippen molar-refractivity contribution in [1.29, 1.82) is 0 Å². The fraction of sp³-hybridized carbons (Fsp3) is 0.409. The Hall–Kier alpha value is -3.23. The quantitative estimate of drug-likeness (QED) is 0.257. The number of amides is 1. The summed E-state index contributed by atoms with van der Waals surface area (Å²) >= 11 is 0. The van der Waals surface area contributed by atoms with E-state index in [1.807, 2.05) is 0 Å². The first-order valence-corrected chi connectivity index (χ1v) is 14.4. The van der Waals surface area contributed by atoms with Gasteiger partial charge in [-0.15, -0.1) is 0 Å². The van der Waals surface area contributed by atoms with Gasteiger partial charge in [0.05, 0.1) is 28.3 Å². The molecule has 12 nitrogen and oxygen atoms in total. The first-order chi connectivity index (χ1) is 16.9. The zero-order chi connectivity index (χ0) is 26.5. The van der Waals surface area contributed by atoms with Gasteiger partial charge < -0.3 is 10.1 Å². The molecule has 0 aliphatic carbocycles. The molecule has 1 aliphatic rings. The number of nitro groups is 1. The number of rotatable bonds is 11. The number of nitro benzene ring substituents is 1. The summed E-state index contributed by atoms with van der Waals surface area (Å²) in [5.41, 5.74) is -0.309. The summed E-state index contributed by atoms with van der Waals surface area (Å²) in [4.78, 5) is 23.2. The van der Waals surface area contributed by atoms with Crippen LogP contribution in [0.2, 0.25) is 0 Å². The Kier molecular flexibility index (Phi) is 8.53. The summed E-state index contributed by atoms with van der Waals surface area (Å²) in [6.07, 6.45) is 2.60. The second-order valence-electron chi connectivity index (χ2n) is 8.23. The van der Waals surface area contributed by atoms with Crippen molar-refractivity contribution >= 4 is 37.3 Å². The Balaban J connectivity index is 1.57. The van der Waals surface area contributed by atoms with Gasteiger partial charge in [0.2, 0.25) is 26.0 Å². The highest BCUT2D eigenvalue weighted by Gasteiger charge is 2.30. The molecule has 1 fully saturated rings. The minimum Gasteiger partial charge on any atom is -0.492 e. The number of nitrogens with zero attached hydrogens (tertiary/aromatic N) is 3. The molecule has 196 valence electrons. The number of carbonyl (C=O) groups excluding carboxylic acids is 1. The van der Waals surface area contributed by atoms with Crippen LogP contribution in [0.3, 0.4) is 0 Å². The largest absolute Gasteiger partial charge is 0.492 e. The van der Waals surface area contributed by atoms with Crippen molar-refractivity contribution in [3.63, 3.8) is 0 Å². The molecule has 1 N–H and O–H groups in total. The Morgan fingerprint density at radius 2 is 1.78 bits per heavy atom. The molecule has 0 radical (unpaired) electrons. The van der Waals surface area contributed by atoms with E-state index >= 15 is 0 Å². The van der Waals surface area contributed by atoms with Gasteiger partial charge in [-0.1, -0.05) is 6.07 Å². The van der Waals surface area contributed by atoms with E-state index in [0.717, 1.165) is 29.5 Å². The molecule has 0 saturated carbocycles. The summed E-state index contributed by atoms with van der Waals surface area (Å²) < 4.78 is 57.7. The highest BCUT2D eigenvalue weighted by molar-refractivity contribution is 7.92. The number of ether oxygens (including phenoxy) is 1. The van der Waals surface area contributed by atoms with Gasteiger partial charge in [0.1, 0.15) is 18.4 Å². The molecule has 1 atom stereocenters. The monoisotopic (exact) mass is 540 g/mol. The van der Waals surface area contributed by atoms with Crippen molar-refractivity contribution in [2.75, 3.05) is 36.8 Å². The fourth-order valence-electron chi connectivity index (χ4n) is 3.83. The van der Waals surface area contributed by atoms with Crippen LogP contribution in [0.5, 0.6) is 5.75 Å². The van der Waals surface area contributed by atoms with Crippen LogP contribution in [0.15, 0.2) is 53.4 Å². The topological polar surface area (TPSA) is 156 Å². The molecule has 3 rings (SSSR count). The lowest BCUT2D eigenvalue weighted by molar-refractivity contribution is -0.384. The smallest absolute Gasteiger partial charge is 0.271 e. The van der Waals surface area contributed by atoms with Crippen molar-refractivity contribution in [2.24, 2.45) is 0 Å². The highest BCUT2D eigenvalue weighted by atomic mass is 32.2. The number of anilines is 1. The number of hydrogen-bond acceptors (Lipinski definition) is 8. The normalized spacial score (nSPS) is 15.3. The second kappa shape index (κ2) is 11.2. The molecule has 2 aromatic rings. The number of nitrogens with one attached hydrogen (secondary N) is 1. The SMILES string of the molecule is C[C@@H](C(=O)NCCOc1ccc(S(=O)(=O)N2CCCC2)cc1)N(c1cccc([N+](=O)[O-])c1)S(C)(=O)=O. The Morgan fingerprint density at radius 3 is 2.36 bits per heavy atom. The van der Waals surface area contributed by atoms with Crippen molar-refractivity contribution in [2.45, 2.75) is 30.7 Å². The lowest BCUT2D eigenvalue weighted by Gasteiger charge is -2.28. The maximum absolute atomic E-state index is 12.6. The van der Waals surface area contributed by atoms with Crippen LogP contribution in [-0.4, -0.2) is 70.5 Å². The number of sulfonamides is 2.